The summed E-state index contributed by atoms with van der Waals surface area (Å²) in [6.45, 7) is -0.400. The number of hydrogen-bond acceptors (Lipinski definition) is 7. The van der Waals surface area contributed by atoms with Crippen LogP contribution >= 0.6 is 11.3 Å². The van der Waals surface area contributed by atoms with Gasteiger partial charge in [-0.15, -0.1) is 11.3 Å². The molecule has 0 aromatic carbocycles. The van der Waals surface area contributed by atoms with Gasteiger partial charge in [0.2, 0.25) is 0 Å². The lowest BCUT2D eigenvalue weighted by atomic mass is 10.1. The van der Waals surface area contributed by atoms with Crippen molar-refractivity contribution in [3.05, 3.63) is 16.1 Å². The second-order valence-electron chi connectivity index (χ2n) is 3.69. The van der Waals surface area contributed by atoms with Gasteiger partial charge in [-0.2, -0.15) is 0 Å². The molecular weight excluding hydrogens is 248 g/mol. The van der Waals surface area contributed by atoms with Gasteiger partial charge in [0.05, 0.1) is 6.61 Å². The lowest BCUT2D eigenvalue weighted by molar-refractivity contribution is -0.0228. The van der Waals surface area contributed by atoms with Crippen LogP contribution in [0.3, 0.4) is 0 Å². The number of primary amides is 1. The molecule has 1 aromatic heterocycles. The molecule has 94 valence electrons. The Kier molecular flexibility index (Phi) is 3.40. The minimum Gasteiger partial charge on any atom is -0.394 e. The molecule has 1 aliphatic rings. The van der Waals surface area contributed by atoms with Gasteiger partial charge in [0.15, 0.2) is 0 Å². The Morgan fingerprint density at radius 1 is 1.53 bits per heavy atom. The maximum atomic E-state index is 10.9. The molecule has 2 heterocycles. The Labute approximate surface area is 100 Å². The van der Waals surface area contributed by atoms with Gasteiger partial charge in [-0.25, -0.2) is 4.98 Å². The zero-order valence-corrected chi connectivity index (χ0v) is 9.50. The number of nitrogens with zero attached hydrogens (tertiary/aromatic N) is 1. The summed E-state index contributed by atoms with van der Waals surface area (Å²) in [5, 5.41) is 30.0. The van der Waals surface area contributed by atoms with E-state index in [0.29, 0.717) is 5.01 Å². The predicted octanol–water partition coefficient (Wildman–Crippen LogP) is -1.60. The van der Waals surface area contributed by atoms with Crippen LogP contribution < -0.4 is 5.73 Å². The summed E-state index contributed by atoms with van der Waals surface area (Å²) in [6.07, 6.45) is -4.05. The van der Waals surface area contributed by atoms with Gasteiger partial charge < -0.3 is 25.8 Å². The van der Waals surface area contributed by atoms with Crippen molar-refractivity contribution in [3.8, 4) is 0 Å². The van der Waals surface area contributed by atoms with Crippen LogP contribution in [0, 0.1) is 0 Å². The molecule has 2 rings (SSSR count). The van der Waals surface area contributed by atoms with Crippen molar-refractivity contribution in [1.82, 2.24) is 4.98 Å². The van der Waals surface area contributed by atoms with Crippen LogP contribution in [-0.2, 0) is 4.74 Å². The molecule has 0 bridgehead atoms. The molecule has 5 N–H and O–H groups in total. The SMILES string of the molecule is NC(=O)c1csc([C@H]2O[C@H](CO)[C@@H](O)[C@@H]2O)n1. The Bertz CT molecular complexity index is 423. The quantitative estimate of drug-likeness (QED) is 0.518. The van der Waals surface area contributed by atoms with Gasteiger partial charge in [-0.3, -0.25) is 4.79 Å². The largest absolute Gasteiger partial charge is 0.394 e. The third kappa shape index (κ3) is 2.17. The number of aromatic nitrogens is 1. The van der Waals surface area contributed by atoms with Crippen LogP contribution in [-0.4, -0.2) is 51.1 Å². The highest BCUT2D eigenvalue weighted by Gasteiger charge is 2.44. The molecule has 8 heteroatoms. The minimum absolute atomic E-state index is 0.0859. The highest BCUT2D eigenvalue weighted by molar-refractivity contribution is 7.09. The number of carbonyl (C=O) groups excluding carboxylic acids is 1. The average molecular weight is 260 g/mol. The maximum Gasteiger partial charge on any atom is 0.268 e. The maximum absolute atomic E-state index is 10.9. The van der Waals surface area contributed by atoms with Crippen molar-refractivity contribution < 1.29 is 24.9 Å². The standard InChI is InChI=1S/C9H12N2O5S/c10-8(15)3-2-17-9(11-3)7-6(14)5(13)4(1-12)16-7/h2,4-7,12-14H,1H2,(H2,10,15)/t4-,5-,6+,7+/m1/s1. The van der Waals surface area contributed by atoms with E-state index in [1.165, 1.54) is 5.38 Å². The molecule has 1 amide bonds. The summed E-state index contributed by atoms with van der Waals surface area (Å²) in [7, 11) is 0. The Morgan fingerprint density at radius 2 is 2.24 bits per heavy atom. The van der Waals surface area contributed by atoms with E-state index in [1.54, 1.807) is 0 Å². The van der Waals surface area contributed by atoms with Crippen LogP contribution in [0.1, 0.15) is 21.6 Å². The Morgan fingerprint density at radius 3 is 2.71 bits per heavy atom. The lowest BCUT2D eigenvalue weighted by Crippen LogP contribution is -2.32. The number of amides is 1. The number of hydrogen-bond donors (Lipinski definition) is 4. The molecule has 1 saturated heterocycles. The molecular formula is C9H12N2O5S. The highest BCUT2D eigenvalue weighted by atomic mass is 32.1. The molecule has 17 heavy (non-hydrogen) atoms. The zero-order chi connectivity index (χ0) is 12.6. The van der Waals surface area contributed by atoms with Crippen LogP contribution in [0.4, 0.5) is 0 Å². The Balaban J connectivity index is 2.19. The van der Waals surface area contributed by atoms with Gasteiger partial charge in [-0.1, -0.05) is 0 Å². The van der Waals surface area contributed by atoms with Crippen molar-refractivity contribution in [3.63, 3.8) is 0 Å². The monoisotopic (exact) mass is 260 g/mol. The predicted molar refractivity (Wildman–Crippen MR) is 57.3 cm³/mol. The number of rotatable bonds is 3. The lowest BCUT2D eigenvalue weighted by Gasteiger charge is -2.11. The summed E-state index contributed by atoms with van der Waals surface area (Å²) in [4.78, 5) is 14.8. The molecule has 0 radical (unpaired) electrons. The minimum atomic E-state index is -1.18. The third-order valence-electron chi connectivity index (χ3n) is 2.56. The number of ether oxygens (including phenoxy) is 1. The van der Waals surface area contributed by atoms with Crippen LogP contribution in [0.25, 0.3) is 0 Å². The normalized spacial score (nSPS) is 32.9. The first-order chi connectivity index (χ1) is 8.04. The number of aliphatic hydroxyl groups excluding tert-OH is 3. The van der Waals surface area contributed by atoms with E-state index in [9.17, 15) is 15.0 Å². The van der Waals surface area contributed by atoms with Crippen molar-refractivity contribution in [1.29, 1.82) is 0 Å². The number of aliphatic hydroxyl groups is 3. The molecule has 1 fully saturated rings. The van der Waals surface area contributed by atoms with E-state index in [1.807, 2.05) is 0 Å². The first-order valence-electron chi connectivity index (χ1n) is 4.92. The van der Waals surface area contributed by atoms with Gasteiger partial charge in [0.1, 0.15) is 35.1 Å². The average Bonchev–Trinajstić information content (AvgIpc) is 2.87. The molecule has 0 saturated carbocycles. The van der Waals surface area contributed by atoms with Gasteiger partial charge in [0.25, 0.3) is 5.91 Å². The van der Waals surface area contributed by atoms with E-state index in [2.05, 4.69) is 4.98 Å². The van der Waals surface area contributed by atoms with Crippen molar-refractivity contribution >= 4 is 17.2 Å². The summed E-state index contributed by atoms with van der Waals surface area (Å²) in [5.41, 5.74) is 5.14. The molecule has 4 atom stereocenters. The van der Waals surface area contributed by atoms with E-state index in [0.717, 1.165) is 11.3 Å². The highest BCUT2D eigenvalue weighted by Crippen LogP contribution is 2.34. The second kappa shape index (κ2) is 4.67. The van der Waals surface area contributed by atoms with E-state index in [4.69, 9.17) is 15.6 Å². The number of nitrogens with two attached hydrogens (primary N) is 1. The summed E-state index contributed by atoms with van der Waals surface area (Å²) < 4.78 is 5.26. The summed E-state index contributed by atoms with van der Waals surface area (Å²) in [6, 6.07) is 0. The van der Waals surface area contributed by atoms with Gasteiger partial charge in [-0.05, 0) is 0 Å². The van der Waals surface area contributed by atoms with Gasteiger partial charge in [0, 0.05) is 5.38 Å². The molecule has 0 spiro atoms. The van der Waals surface area contributed by atoms with Crippen LogP contribution in [0.2, 0.25) is 0 Å². The summed E-state index contributed by atoms with van der Waals surface area (Å²) >= 11 is 1.10. The molecule has 7 nitrogen and oxygen atoms in total. The third-order valence-corrected chi connectivity index (χ3v) is 3.47. The van der Waals surface area contributed by atoms with Crippen LogP contribution in [0.5, 0.6) is 0 Å². The van der Waals surface area contributed by atoms with E-state index < -0.39 is 36.9 Å². The number of thiazole rings is 1. The van der Waals surface area contributed by atoms with Crippen LogP contribution in [0.15, 0.2) is 5.38 Å². The van der Waals surface area contributed by atoms with Crippen molar-refractivity contribution in [2.24, 2.45) is 5.73 Å². The fourth-order valence-corrected chi connectivity index (χ4v) is 2.52. The molecule has 0 aliphatic carbocycles. The smallest absolute Gasteiger partial charge is 0.268 e. The Hall–Kier alpha value is -1.06. The van der Waals surface area contributed by atoms with Crippen molar-refractivity contribution in [2.45, 2.75) is 24.4 Å². The van der Waals surface area contributed by atoms with E-state index >= 15 is 0 Å². The van der Waals surface area contributed by atoms with Gasteiger partial charge >= 0.3 is 0 Å². The summed E-state index contributed by atoms with van der Waals surface area (Å²) in [5.74, 6) is -0.667. The second-order valence-corrected chi connectivity index (χ2v) is 4.58. The van der Waals surface area contributed by atoms with E-state index in [-0.39, 0.29) is 5.69 Å². The molecule has 0 unspecified atom stereocenters. The molecule has 1 aromatic rings. The number of carbonyl (C=O) groups is 1. The fraction of sp³-hybridized carbons (Fsp3) is 0.556. The first-order valence-corrected chi connectivity index (χ1v) is 5.80. The zero-order valence-electron chi connectivity index (χ0n) is 8.68. The first kappa shape index (κ1) is 12.4. The molecule has 1 aliphatic heterocycles. The fourth-order valence-electron chi connectivity index (χ4n) is 1.64. The van der Waals surface area contributed by atoms with Crippen molar-refractivity contribution in [2.75, 3.05) is 6.61 Å². The topological polar surface area (TPSA) is 126 Å².